The lowest BCUT2D eigenvalue weighted by atomic mass is 9.99. The molecule has 14 heavy (non-hydrogen) atoms. The van der Waals surface area contributed by atoms with Gasteiger partial charge in [0.25, 0.3) is 0 Å². The Morgan fingerprint density at radius 2 is 1.93 bits per heavy atom. The molecular formula is C11H21NO2. The van der Waals surface area contributed by atoms with Crippen LogP contribution in [0.4, 0.5) is 0 Å². The normalized spacial score (nSPS) is 21.3. The SMILES string of the molecule is CC(O)CNC(=O)C1CCCCCC1. The molecule has 1 aliphatic carbocycles. The van der Waals surface area contributed by atoms with Gasteiger partial charge in [-0.2, -0.15) is 0 Å². The van der Waals surface area contributed by atoms with E-state index in [1.807, 2.05) is 0 Å². The minimum atomic E-state index is -0.440. The summed E-state index contributed by atoms with van der Waals surface area (Å²) < 4.78 is 0. The Morgan fingerprint density at radius 1 is 1.36 bits per heavy atom. The second-order valence-electron chi connectivity index (χ2n) is 4.28. The molecule has 2 N–H and O–H groups in total. The number of aliphatic hydroxyl groups is 1. The molecule has 1 unspecified atom stereocenters. The van der Waals surface area contributed by atoms with Gasteiger partial charge >= 0.3 is 0 Å². The van der Waals surface area contributed by atoms with Crippen LogP contribution in [0.1, 0.15) is 45.4 Å². The van der Waals surface area contributed by atoms with Crippen LogP contribution in [0.3, 0.4) is 0 Å². The van der Waals surface area contributed by atoms with E-state index >= 15 is 0 Å². The summed E-state index contributed by atoms with van der Waals surface area (Å²) in [4.78, 5) is 11.6. The van der Waals surface area contributed by atoms with Crippen molar-refractivity contribution >= 4 is 5.91 Å². The van der Waals surface area contributed by atoms with Gasteiger partial charge in [0.2, 0.25) is 5.91 Å². The number of carbonyl (C=O) groups is 1. The van der Waals surface area contributed by atoms with Crippen molar-refractivity contribution in [2.75, 3.05) is 6.54 Å². The van der Waals surface area contributed by atoms with E-state index in [2.05, 4.69) is 5.32 Å². The van der Waals surface area contributed by atoms with Crippen LogP contribution in [0.15, 0.2) is 0 Å². The topological polar surface area (TPSA) is 49.3 Å². The van der Waals surface area contributed by atoms with Gasteiger partial charge in [0.05, 0.1) is 6.10 Å². The maximum absolute atomic E-state index is 11.6. The van der Waals surface area contributed by atoms with Gasteiger partial charge in [-0.3, -0.25) is 4.79 Å². The predicted octanol–water partition coefficient (Wildman–Crippen LogP) is 1.45. The first-order valence-corrected chi connectivity index (χ1v) is 5.66. The van der Waals surface area contributed by atoms with E-state index in [0.717, 1.165) is 12.8 Å². The van der Waals surface area contributed by atoms with E-state index < -0.39 is 6.10 Å². The van der Waals surface area contributed by atoms with Crippen molar-refractivity contribution in [3.05, 3.63) is 0 Å². The lowest BCUT2D eigenvalue weighted by molar-refractivity contribution is -0.125. The van der Waals surface area contributed by atoms with Crippen LogP contribution >= 0.6 is 0 Å². The summed E-state index contributed by atoms with van der Waals surface area (Å²) in [5, 5.41) is 11.8. The molecule has 1 rings (SSSR count). The highest BCUT2D eigenvalue weighted by Gasteiger charge is 2.19. The first-order chi connectivity index (χ1) is 6.70. The predicted molar refractivity (Wildman–Crippen MR) is 55.9 cm³/mol. The van der Waals surface area contributed by atoms with E-state index in [1.54, 1.807) is 6.92 Å². The van der Waals surface area contributed by atoms with Crippen molar-refractivity contribution in [3.63, 3.8) is 0 Å². The molecule has 3 nitrogen and oxygen atoms in total. The molecule has 0 bridgehead atoms. The van der Waals surface area contributed by atoms with E-state index in [4.69, 9.17) is 5.11 Å². The van der Waals surface area contributed by atoms with Gasteiger partial charge in [0, 0.05) is 12.5 Å². The highest BCUT2D eigenvalue weighted by Crippen LogP contribution is 2.22. The third-order valence-corrected chi connectivity index (χ3v) is 2.80. The van der Waals surface area contributed by atoms with Crippen LogP contribution in [0.5, 0.6) is 0 Å². The highest BCUT2D eigenvalue weighted by molar-refractivity contribution is 5.78. The van der Waals surface area contributed by atoms with Crippen molar-refractivity contribution in [2.24, 2.45) is 5.92 Å². The molecule has 0 saturated heterocycles. The van der Waals surface area contributed by atoms with Gasteiger partial charge in [0.1, 0.15) is 0 Å². The minimum Gasteiger partial charge on any atom is -0.392 e. The van der Waals surface area contributed by atoms with E-state index in [0.29, 0.717) is 6.54 Å². The first-order valence-electron chi connectivity index (χ1n) is 5.66. The lowest BCUT2D eigenvalue weighted by Crippen LogP contribution is -2.35. The largest absolute Gasteiger partial charge is 0.392 e. The quantitative estimate of drug-likeness (QED) is 0.676. The molecule has 0 aromatic carbocycles. The molecule has 0 heterocycles. The Labute approximate surface area is 85.9 Å². The van der Waals surface area contributed by atoms with Crippen molar-refractivity contribution in [1.82, 2.24) is 5.32 Å². The molecule has 82 valence electrons. The summed E-state index contributed by atoms with van der Waals surface area (Å²) in [7, 11) is 0. The molecule has 1 aliphatic rings. The zero-order valence-corrected chi connectivity index (χ0v) is 8.96. The van der Waals surface area contributed by atoms with Gasteiger partial charge in [-0.25, -0.2) is 0 Å². The molecule has 1 atom stereocenters. The van der Waals surface area contributed by atoms with Crippen LogP contribution in [0.25, 0.3) is 0 Å². The number of hydrogen-bond donors (Lipinski definition) is 2. The molecule has 3 heteroatoms. The summed E-state index contributed by atoms with van der Waals surface area (Å²) >= 11 is 0. The van der Waals surface area contributed by atoms with Crippen molar-refractivity contribution in [1.29, 1.82) is 0 Å². The summed E-state index contributed by atoms with van der Waals surface area (Å²) in [6.07, 6.45) is 6.47. The van der Waals surface area contributed by atoms with E-state index in [-0.39, 0.29) is 11.8 Å². The average Bonchev–Trinajstić information content (AvgIpc) is 2.42. The molecule has 1 saturated carbocycles. The summed E-state index contributed by atoms with van der Waals surface area (Å²) in [5.74, 6) is 0.323. The fraction of sp³-hybridized carbons (Fsp3) is 0.909. The van der Waals surface area contributed by atoms with Crippen LogP contribution < -0.4 is 5.32 Å². The van der Waals surface area contributed by atoms with Crippen LogP contribution in [0, 0.1) is 5.92 Å². The maximum atomic E-state index is 11.6. The Kier molecular flexibility index (Phi) is 4.94. The molecule has 0 aromatic rings. The van der Waals surface area contributed by atoms with Crippen molar-refractivity contribution < 1.29 is 9.90 Å². The molecule has 0 spiro atoms. The Hall–Kier alpha value is -0.570. The lowest BCUT2D eigenvalue weighted by Gasteiger charge is -2.14. The number of carbonyl (C=O) groups excluding carboxylic acids is 1. The summed E-state index contributed by atoms with van der Waals surface area (Å²) in [5.41, 5.74) is 0. The number of nitrogens with one attached hydrogen (secondary N) is 1. The van der Waals surface area contributed by atoms with Crippen molar-refractivity contribution in [2.45, 2.75) is 51.6 Å². The Bertz CT molecular complexity index is 172. The monoisotopic (exact) mass is 199 g/mol. The number of rotatable bonds is 3. The molecule has 1 amide bonds. The fourth-order valence-corrected chi connectivity index (χ4v) is 1.93. The second kappa shape index (κ2) is 6.02. The number of amides is 1. The van der Waals surface area contributed by atoms with E-state index in [1.165, 1.54) is 25.7 Å². The second-order valence-corrected chi connectivity index (χ2v) is 4.28. The van der Waals surface area contributed by atoms with Gasteiger partial charge in [0.15, 0.2) is 0 Å². The van der Waals surface area contributed by atoms with Gasteiger partial charge in [-0.05, 0) is 19.8 Å². The standard InChI is InChI=1S/C11H21NO2/c1-9(13)8-12-11(14)10-6-4-2-3-5-7-10/h9-10,13H,2-8H2,1H3,(H,12,14). The zero-order chi connectivity index (χ0) is 10.4. The first kappa shape index (κ1) is 11.5. The Balaban J connectivity index is 2.27. The molecule has 1 fully saturated rings. The van der Waals surface area contributed by atoms with Crippen LogP contribution in [-0.2, 0) is 4.79 Å². The smallest absolute Gasteiger partial charge is 0.223 e. The number of hydrogen-bond acceptors (Lipinski definition) is 2. The third-order valence-electron chi connectivity index (χ3n) is 2.80. The number of aliphatic hydroxyl groups excluding tert-OH is 1. The molecule has 0 radical (unpaired) electrons. The fourth-order valence-electron chi connectivity index (χ4n) is 1.93. The molecule has 0 aliphatic heterocycles. The molecular weight excluding hydrogens is 178 g/mol. The minimum absolute atomic E-state index is 0.132. The van der Waals surface area contributed by atoms with Gasteiger partial charge in [-0.15, -0.1) is 0 Å². The summed E-state index contributed by atoms with van der Waals surface area (Å²) in [6.45, 7) is 2.07. The summed E-state index contributed by atoms with van der Waals surface area (Å²) in [6, 6.07) is 0. The third kappa shape index (κ3) is 4.09. The maximum Gasteiger partial charge on any atom is 0.223 e. The average molecular weight is 199 g/mol. The van der Waals surface area contributed by atoms with E-state index in [9.17, 15) is 4.79 Å². The van der Waals surface area contributed by atoms with Crippen LogP contribution in [-0.4, -0.2) is 23.7 Å². The van der Waals surface area contributed by atoms with Crippen LogP contribution in [0.2, 0.25) is 0 Å². The molecule has 0 aromatic heterocycles. The zero-order valence-electron chi connectivity index (χ0n) is 8.96. The Morgan fingerprint density at radius 3 is 2.43 bits per heavy atom. The van der Waals surface area contributed by atoms with Gasteiger partial charge in [-0.1, -0.05) is 25.7 Å². The van der Waals surface area contributed by atoms with Gasteiger partial charge < -0.3 is 10.4 Å². The highest BCUT2D eigenvalue weighted by atomic mass is 16.3. The van der Waals surface area contributed by atoms with Crippen molar-refractivity contribution in [3.8, 4) is 0 Å².